The second-order valence-electron chi connectivity index (χ2n) is 8.85. The third-order valence-corrected chi connectivity index (χ3v) is 5.05. The van der Waals surface area contributed by atoms with E-state index in [4.69, 9.17) is 0 Å². The molecule has 1 aliphatic carbocycles. The van der Waals surface area contributed by atoms with E-state index in [2.05, 4.69) is 33.0 Å². The van der Waals surface area contributed by atoms with Gasteiger partial charge in [0.15, 0.2) is 0 Å². The Balaban J connectivity index is 2.20. The number of nitrogens with two attached hydrogens (primary N) is 1. The molecule has 0 aromatic heterocycles. The Morgan fingerprint density at radius 2 is 1.60 bits per heavy atom. The average Bonchev–Trinajstić information content (AvgIpc) is 2.26. The summed E-state index contributed by atoms with van der Waals surface area (Å²) in [4.78, 5) is 0. The highest BCUT2D eigenvalue weighted by atomic mass is 16.3. The Labute approximate surface area is 126 Å². The van der Waals surface area contributed by atoms with Crippen molar-refractivity contribution in [3.8, 4) is 0 Å². The van der Waals surface area contributed by atoms with Gasteiger partial charge in [0.1, 0.15) is 0 Å². The van der Waals surface area contributed by atoms with Gasteiger partial charge >= 0.3 is 0 Å². The van der Waals surface area contributed by atoms with Gasteiger partial charge in [0.05, 0.1) is 17.7 Å². The molecule has 20 heavy (non-hydrogen) atoms. The second kappa shape index (κ2) is 7.26. The van der Waals surface area contributed by atoms with Crippen LogP contribution in [0.1, 0.15) is 86.5 Å². The van der Waals surface area contributed by atoms with Crippen LogP contribution in [-0.4, -0.2) is 22.8 Å². The molecule has 1 fully saturated rings. The summed E-state index contributed by atoms with van der Waals surface area (Å²) in [5.74, 6) is 0.914. The SMILES string of the molecule is C[C@H](CCCC(C)(C)O)[NH2+]C1CCC(C(C)(C)C)CC1. The maximum Gasteiger partial charge on any atom is 0.0861 e. The molecule has 0 saturated heterocycles. The molecule has 1 aliphatic rings. The van der Waals surface area contributed by atoms with Gasteiger partial charge in [-0.15, -0.1) is 0 Å². The summed E-state index contributed by atoms with van der Waals surface area (Å²) in [5, 5.41) is 12.3. The van der Waals surface area contributed by atoms with Gasteiger partial charge in [-0.1, -0.05) is 20.8 Å². The van der Waals surface area contributed by atoms with Crippen LogP contribution in [0.4, 0.5) is 0 Å². The molecular formula is C18H38NO+. The molecule has 0 unspecified atom stereocenters. The molecular weight excluding hydrogens is 246 g/mol. The van der Waals surface area contributed by atoms with Gasteiger partial charge < -0.3 is 10.4 Å². The summed E-state index contributed by atoms with van der Waals surface area (Å²) in [6.07, 6.45) is 8.86. The van der Waals surface area contributed by atoms with E-state index in [9.17, 15) is 5.11 Å². The van der Waals surface area contributed by atoms with Crippen molar-refractivity contribution in [2.24, 2.45) is 11.3 Å². The van der Waals surface area contributed by atoms with Gasteiger partial charge in [-0.05, 0) is 77.0 Å². The van der Waals surface area contributed by atoms with Crippen molar-refractivity contribution in [2.75, 3.05) is 0 Å². The molecule has 2 nitrogen and oxygen atoms in total. The van der Waals surface area contributed by atoms with Crippen LogP contribution in [0.15, 0.2) is 0 Å². The van der Waals surface area contributed by atoms with Crippen LogP contribution in [-0.2, 0) is 0 Å². The lowest BCUT2D eigenvalue weighted by Crippen LogP contribution is -2.94. The van der Waals surface area contributed by atoms with Crippen molar-refractivity contribution in [1.29, 1.82) is 0 Å². The quantitative estimate of drug-likeness (QED) is 0.770. The zero-order chi connectivity index (χ0) is 15.4. The molecule has 0 spiro atoms. The fraction of sp³-hybridized carbons (Fsp3) is 1.00. The molecule has 0 bridgehead atoms. The minimum absolute atomic E-state index is 0.489. The largest absolute Gasteiger partial charge is 0.390 e. The van der Waals surface area contributed by atoms with Gasteiger partial charge in [0, 0.05) is 0 Å². The smallest absolute Gasteiger partial charge is 0.0861 e. The Morgan fingerprint density at radius 1 is 1.05 bits per heavy atom. The van der Waals surface area contributed by atoms with Gasteiger partial charge in [-0.25, -0.2) is 0 Å². The van der Waals surface area contributed by atoms with Crippen LogP contribution in [0.2, 0.25) is 0 Å². The van der Waals surface area contributed by atoms with Crippen LogP contribution in [0.3, 0.4) is 0 Å². The summed E-state index contributed by atoms with van der Waals surface area (Å²) in [5.41, 5.74) is -0.00617. The Hall–Kier alpha value is -0.0800. The van der Waals surface area contributed by atoms with Crippen molar-refractivity contribution in [2.45, 2.75) is 104 Å². The number of quaternary nitrogens is 1. The third-order valence-electron chi connectivity index (χ3n) is 5.05. The first-order valence-electron chi connectivity index (χ1n) is 8.65. The lowest BCUT2D eigenvalue weighted by Gasteiger charge is -2.36. The van der Waals surface area contributed by atoms with E-state index < -0.39 is 5.60 Å². The van der Waals surface area contributed by atoms with Crippen LogP contribution < -0.4 is 5.32 Å². The van der Waals surface area contributed by atoms with E-state index in [0.29, 0.717) is 11.5 Å². The van der Waals surface area contributed by atoms with Crippen molar-refractivity contribution in [1.82, 2.24) is 0 Å². The van der Waals surface area contributed by atoms with E-state index >= 15 is 0 Å². The minimum Gasteiger partial charge on any atom is -0.390 e. The highest BCUT2D eigenvalue weighted by Crippen LogP contribution is 2.37. The fourth-order valence-corrected chi connectivity index (χ4v) is 3.60. The maximum atomic E-state index is 9.75. The number of hydrogen-bond donors (Lipinski definition) is 2. The molecule has 3 N–H and O–H groups in total. The molecule has 120 valence electrons. The van der Waals surface area contributed by atoms with E-state index in [1.54, 1.807) is 0 Å². The van der Waals surface area contributed by atoms with Gasteiger partial charge in [0.25, 0.3) is 0 Å². The van der Waals surface area contributed by atoms with Gasteiger partial charge in [0.2, 0.25) is 0 Å². The fourth-order valence-electron chi connectivity index (χ4n) is 3.60. The van der Waals surface area contributed by atoms with E-state index in [0.717, 1.165) is 24.8 Å². The normalized spacial score (nSPS) is 26.6. The van der Waals surface area contributed by atoms with Crippen LogP contribution >= 0.6 is 0 Å². The first kappa shape index (κ1) is 18.0. The first-order valence-corrected chi connectivity index (χ1v) is 8.65. The van der Waals surface area contributed by atoms with Crippen molar-refractivity contribution in [3.05, 3.63) is 0 Å². The average molecular weight is 285 g/mol. The monoisotopic (exact) mass is 284 g/mol. The maximum absolute atomic E-state index is 9.75. The summed E-state index contributed by atoms with van der Waals surface area (Å²) in [7, 11) is 0. The Morgan fingerprint density at radius 3 is 2.05 bits per heavy atom. The molecule has 0 aliphatic heterocycles. The molecule has 0 heterocycles. The van der Waals surface area contributed by atoms with E-state index in [-0.39, 0.29) is 0 Å². The van der Waals surface area contributed by atoms with Crippen LogP contribution in [0, 0.1) is 11.3 Å². The summed E-state index contributed by atoms with van der Waals surface area (Å²) in [6.45, 7) is 13.3. The highest BCUT2D eigenvalue weighted by molar-refractivity contribution is 4.80. The van der Waals surface area contributed by atoms with Gasteiger partial charge in [-0.2, -0.15) is 0 Å². The third kappa shape index (κ3) is 7.08. The number of rotatable bonds is 6. The summed E-state index contributed by atoms with van der Waals surface area (Å²) >= 11 is 0. The molecule has 0 radical (unpaired) electrons. The highest BCUT2D eigenvalue weighted by Gasteiger charge is 2.31. The lowest BCUT2D eigenvalue weighted by molar-refractivity contribution is -0.721. The molecule has 1 saturated carbocycles. The molecule has 0 aromatic rings. The zero-order valence-electron chi connectivity index (χ0n) is 14.7. The number of hydrogen-bond acceptors (Lipinski definition) is 1. The molecule has 1 atom stereocenters. The standard InChI is InChI=1S/C18H37NO/c1-14(8-7-13-18(5,6)20)19-16-11-9-15(10-12-16)17(2,3)4/h14-16,19-20H,7-13H2,1-6H3/p+1/t14-,15?,16?/m1/s1. The predicted molar refractivity (Wildman–Crippen MR) is 86.7 cm³/mol. The van der Waals surface area contributed by atoms with Crippen molar-refractivity contribution in [3.63, 3.8) is 0 Å². The molecule has 1 rings (SSSR count). The van der Waals surface area contributed by atoms with E-state index in [1.165, 1.54) is 32.1 Å². The minimum atomic E-state index is -0.496. The first-order chi connectivity index (χ1) is 9.08. The number of aliphatic hydroxyl groups is 1. The van der Waals surface area contributed by atoms with Crippen LogP contribution in [0.5, 0.6) is 0 Å². The summed E-state index contributed by atoms with van der Waals surface area (Å²) in [6, 6.07) is 1.54. The Bertz CT molecular complexity index is 266. The topological polar surface area (TPSA) is 36.8 Å². The molecule has 0 aromatic carbocycles. The predicted octanol–water partition coefficient (Wildman–Crippen LogP) is 3.48. The molecule has 2 heteroatoms. The Kier molecular flexibility index (Phi) is 6.53. The second-order valence-corrected chi connectivity index (χ2v) is 8.85. The van der Waals surface area contributed by atoms with E-state index in [1.807, 2.05) is 13.8 Å². The summed E-state index contributed by atoms with van der Waals surface area (Å²) < 4.78 is 0. The zero-order valence-corrected chi connectivity index (χ0v) is 14.7. The van der Waals surface area contributed by atoms with Crippen molar-refractivity contribution >= 4 is 0 Å². The molecule has 0 amide bonds. The lowest BCUT2D eigenvalue weighted by atomic mass is 9.71. The van der Waals surface area contributed by atoms with Crippen molar-refractivity contribution < 1.29 is 10.4 Å². The van der Waals surface area contributed by atoms with Crippen LogP contribution in [0.25, 0.3) is 0 Å². The van der Waals surface area contributed by atoms with Gasteiger partial charge in [-0.3, -0.25) is 0 Å².